The van der Waals surface area contributed by atoms with Gasteiger partial charge in [-0.15, -0.1) is 11.8 Å². The molecule has 1 aliphatic heterocycles. The van der Waals surface area contributed by atoms with Gasteiger partial charge in [0.05, 0.1) is 5.88 Å². The van der Waals surface area contributed by atoms with Gasteiger partial charge in [-0.25, -0.2) is 4.31 Å². The second-order valence-electron chi connectivity index (χ2n) is 5.07. The summed E-state index contributed by atoms with van der Waals surface area (Å²) in [6.45, 7) is 7.21. The lowest BCUT2D eigenvalue weighted by Gasteiger charge is -2.28. The average molecular weight is 310 g/mol. The van der Waals surface area contributed by atoms with E-state index in [2.05, 4.69) is 37.2 Å². The third kappa shape index (κ3) is 3.15. The van der Waals surface area contributed by atoms with Crippen molar-refractivity contribution < 1.29 is 4.79 Å². The van der Waals surface area contributed by atoms with Crippen LogP contribution in [0.2, 0.25) is 0 Å². The molecule has 0 aliphatic carbocycles. The molecular weight excluding hydrogens is 288 g/mol. The third-order valence-electron chi connectivity index (χ3n) is 3.55. The number of thioether (sulfide) groups is 1. The second-order valence-corrected chi connectivity index (χ2v) is 7.13. The molecule has 0 bridgehead atoms. The minimum Gasteiger partial charge on any atom is -0.272 e. The quantitative estimate of drug-likeness (QED) is 0.585. The Hall–Kier alpha value is -0.650. The van der Waals surface area contributed by atoms with Gasteiger partial charge in [0.2, 0.25) is 0 Å². The number of likely N-dealkylation sites (N-methyl/N-ethyl adjacent to an activating group) is 1. The van der Waals surface area contributed by atoms with Crippen LogP contribution in [-0.4, -0.2) is 32.5 Å². The molecule has 0 spiro atoms. The first-order valence-corrected chi connectivity index (χ1v) is 8.79. The molecule has 1 fully saturated rings. The standard InChI is InChI=1S/C15H22N2OS2/c1-4-11-15(3)14(18)16(20-17(15)5-2)12-19-13-9-7-6-8-10-13/h6-10H,4-5,11-12H2,1-3H3. The molecule has 1 aliphatic rings. The lowest BCUT2D eigenvalue weighted by molar-refractivity contribution is -0.132. The van der Waals surface area contributed by atoms with Crippen LogP contribution in [0.15, 0.2) is 35.2 Å². The maximum absolute atomic E-state index is 12.7. The molecular formula is C15H22N2OS2. The first-order valence-electron chi connectivity index (χ1n) is 7.07. The molecule has 1 saturated heterocycles. The van der Waals surface area contributed by atoms with Gasteiger partial charge < -0.3 is 0 Å². The Labute approximate surface area is 130 Å². The summed E-state index contributed by atoms with van der Waals surface area (Å²) in [6.07, 6.45) is 1.94. The number of carbonyl (C=O) groups excluding carboxylic acids is 1. The minimum atomic E-state index is -0.342. The van der Waals surface area contributed by atoms with Crippen molar-refractivity contribution >= 4 is 29.8 Å². The minimum absolute atomic E-state index is 0.245. The maximum Gasteiger partial charge on any atom is 0.255 e. The number of amides is 1. The summed E-state index contributed by atoms with van der Waals surface area (Å²) in [5.74, 6) is 0.943. The van der Waals surface area contributed by atoms with E-state index in [1.54, 1.807) is 23.9 Å². The van der Waals surface area contributed by atoms with Crippen molar-refractivity contribution in [2.24, 2.45) is 0 Å². The van der Waals surface area contributed by atoms with Gasteiger partial charge in [-0.3, -0.25) is 9.10 Å². The highest BCUT2D eigenvalue weighted by atomic mass is 32.2. The highest BCUT2D eigenvalue weighted by Crippen LogP contribution is 2.41. The fraction of sp³-hybridized carbons (Fsp3) is 0.533. The molecule has 20 heavy (non-hydrogen) atoms. The molecule has 0 saturated carbocycles. The number of hydrogen-bond acceptors (Lipinski definition) is 4. The molecule has 3 nitrogen and oxygen atoms in total. The topological polar surface area (TPSA) is 23.6 Å². The molecule has 110 valence electrons. The van der Waals surface area contributed by atoms with E-state index in [0.717, 1.165) is 19.4 Å². The van der Waals surface area contributed by atoms with Gasteiger partial charge in [-0.2, -0.15) is 0 Å². The molecule has 1 aromatic carbocycles. The summed E-state index contributed by atoms with van der Waals surface area (Å²) in [5.41, 5.74) is -0.342. The Kier molecular flexibility index (Phi) is 5.41. The van der Waals surface area contributed by atoms with Crippen LogP contribution >= 0.6 is 23.9 Å². The van der Waals surface area contributed by atoms with E-state index in [9.17, 15) is 4.79 Å². The van der Waals surface area contributed by atoms with Crippen molar-refractivity contribution in [3.63, 3.8) is 0 Å². The van der Waals surface area contributed by atoms with Gasteiger partial charge in [-0.05, 0) is 25.5 Å². The van der Waals surface area contributed by atoms with E-state index in [0.29, 0.717) is 5.88 Å². The van der Waals surface area contributed by atoms with Crippen LogP contribution in [-0.2, 0) is 4.79 Å². The first kappa shape index (κ1) is 15.7. The monoisotopic (exact) mass is 310 g/mol. The van der Waals surface area contributed by atoms with E-state index in [4.69, 9.17) is 0 Å². The van der Waals surface area contributed by atoms with E-state index < -0.39 is 0 Å². The highest BCUT2D eigenvalue weighted by molar-refractivity contribution is 8.01. The zero-order valence-electron chi connectivity index (χ0n) is 12.3. The van der Waals surface area contributed by atoms with E-state index in [-0.39, 0.29) is 11.4 Å². The normalized spacial score (nSPS) is 23.6. The lowest BCUT2D eigenvalue weighted by atomic mass is 9.95. The van der Waals surface area contributed by atoms with Crippen molar-refractivity contribution in [1.29, 1.82) is 0 Å². The Bertz CT molecular complexity index is 454. The predicted octanol–water partition coefficient (Wildman–Crippen LogP) is 4.02. The SMILES string of the molecule is CCCC1(C)C(=O)N(CSc2ccccc2)SN1CC. The number of benzene rings is 1. The van der Waals surface area contributed by atoms with Crippen molar-refractivity contribution in [3.05, 3.63) is 30.3 Å². The number of nitrogens with zero attached hydrogens (tertiary/aromatic N) is 2. The molecule has 1 amide bonds. The molecule has 5 heteroatoms. The predicted molar refractivity (Wildman–Crippen MR) is 87.3 cm³/mol. The second kappa shape index (κ2) is 6.87. The molecule has 0 aromatic heterocycles. The Morgan fingerprint density at radius 1 is 1.25 bits per heavy atom. The maximum atomic E-state index is 12.7. The van der Waals surface area contributed by atoms with Gasteiger partial charge in [0.15, 0.2) is 0 Å². The molecule has 1 heterocycles. The van der Waals surface area contributed by atoms with Crippen LogP contribution in [0.25, 0.3) is 0 Å². The number of hydrogen-bond donors (Lipinski definition) is 0. The first-order chi connectivity index (χ1) is 9.61. The average Bonchev–Trinajstić information content (AvgIpc) is 2.70. The summed E-state index contributed by atoms with van der Waals surface area (Å²) in [5, 5.41) is 0. The van der Waals surface area contributed by atoms with E-state index in [1.165, 1.54) is 4.90 Å². The summed E-state index contributed by atoms with van der Waals surface area (Å²) >= 11 is 3.29. The zero-order chi connectivity index (χ0) is 14.6. The van der Waals surface area contributed by atoms with Crippen LogP contribution in [0.3, 0.4) is 0 Å². The van der Waals surface area contributed by atoms with Gasteiger partial charge in [0, 0.05) is 23.6 Å². The van der Waals surface area contributed by atoms with E-state index in [1.807, 2.05) is 22.5 Å². The highest BCUT2D eigenvalue weighted by Gasteiger charge is 2.48. The van der Waals surface area contributed by atoms with Crippen molar-refractivity contribution in [1.82, 2.24) is 8.61 Å². The van der Waals surface area contributed by atoms with Gasteiger partial charge >= 0.3 is 0 Å². The fourth-order valence-corrected chi connectivity index (χ4v) is 4.53. The number of rotatable bonds is 6. The van der Waals surface area contributed by atoms with Crippen molar-refractivity contribution in [2.45, 2.75) is 44.0 Å². The molecule has 2 rings (SSSR count). The summed E-state index contributed by atoms with van der Waals surface area (Å²) in [7, 11) is 0. The smallest absolute Gasteiger partial charge is 0.255 e. The molecule has 0 N–H and O–H groups in total. The molecule has 1 atom stereocenters. The summed E-state index contributed by atoms with van der Waals surface area (Å²) in [6, 6.07) is 10.2. The van der Waals surface area contributed by atoms with Crippen LogP contribution in [0.1, 0.15) is 33.6 Å². The lowest BCUT2D eigenvalue weighted by Crippen LogP contribution is -2.45. The Morgan fingerprint density at radius 3 is 2.55 bits per heavy atom. The van der Waals surface area contributed by atoms with Gasteiger partial charge in [0.1, 0.15) is 5.54 Å². The number of carbonyl (C=O) groups is 1. The fourth-order valence-electron chi connectivity index (χ4n) is 2.48. The van der Waals surface area contributed by atoms with Gasteiger partial charge in [-0.1, -0.05) is 38.5 Å². The molecule has 0 radical (unpaired) electrons. The van der Waals surface area contributed by atoms with Crippen LogP contribution in [0.4, 0.5) is 0 Å². The zero-order valence-corrected chi connectivity index (χ0v) is 14.0. The largest absolute Gasteiger partial charge is 0.272 e. The molecule has 1 unspecified atom stereocenters. The van der Waals surface area contributed by atoms with Crippen LogP contribution < -0.4 is 0 Å². The third-order valence-corrected chi connectivity index (χ3v) is 6.06. The van der Waals surface area contributed by atoms with Crippen molar-refractivity contribution in [2.75, 3.05) is 12.4 Å². The Balaban J connectivity index is 2.01. The van der Waals surface area contributed by atoms with Gasteiger partial charge in [0.25, 0.3) is 5.91 Å². The van der Waals surface area contributed by atoms with E-state index >= 15 is 0 Å². The summed E-state index contributed by atoms with van der Waals surface area (Å²) < 4.78 is 4.11. The van der Waals surface area contributed by atoms with Crippen LogP contribution in [0, 0.1) is 0 Å². The van der Waals surface area contributed by atoms with Crippen LogP contribution in [0.5, 0.6) is 0 Å². The molecule has 1 aromatic rings. The van der Waals surface area contributed by atoms with Crippen molar-refractivity contribution in [3.8, 4) is 0 Å². The summed E-state index contributed by atoms with van der Waals surface area (Å²) in [4.78, 5) is 13.9. The Morgan fingerprint density at radius 2 is 1.95 bits per heavy atom.